The highest BCUT2D eigenvalue weighted by Gasteiger charge is 1.99. The van der Waals surface area contributed by atoms with E-state index >= 15 is 0 Å². The summed E-state index contributed by atoms with van der Waals surface area (Å²) in [4.78, 5) is 4.30. The highest BCUT2D eigenvalue weighted by atomic mass is 16.5. The van der Waals surface area contributed by atoms with Gasteiger partial charge in [-0.25, -0.2) is 0 Å². The van der Waals surface area contributed by atoms with Crippen LogP contribution in [0.3, 0.4) is 0 Å². The van der Waals surface area contributed by atoms with Crippen molar-refractivity contribution in [1.82, 2.24) is 15.5 Å². The Morgan fingerprint density at radius 1 is 1.06 bits per heavy atom. The summed E-state index contributed by atoms with van der Waals surface area (Å²) in [7, 11) is 0. The number of nitrogens with one attached hydrogen (secondary N) is 1. The Hall–Kier alpha value is -2.20. The van der Waals surface area contributed by atoms with E-state index in [1.807, 2.05) is 24.4 Å². The van der Waals surface area contributed by atoms with Crippen LogP contribution in [0.1, 0.15) is 11.3 Å². The maximum Gasteiger partial charge on any atom is 0.150 e. The van der Waals surface area contributed by atoms with E-state index in [-0.39, 0.29) is 0 Å². The summed E-state index contributed by atoms with van der Waals surface area (Å²) >= 11 is 0. The Morgan fingerprint density at radius 3 is 2.94 bits per heavy atom. The molecule has 18 heavy (non-hydrogen) atoms. The molecule has 0 unspecified atom stereocenters. The largest absolute Gasteiger partial charge is 0.360 e. The molecule has 0 saturated carbocycles. The van der Waals surface area contributed by atoms with Gasteiger partial charge in [0, 0.05) is 24.2 Å². The third-order valence-corrected chi connectivity index (χ3v) is 2.79. The number of hydrogen-bond acceptors (Lipinski definition) is 4. The lowest BCUT2D eigenvalue weighted by atomic mass is 10.1. The van der Waals surface area contributed by atoms with Crippen LogP contribution < -0.4 is 5.32 Å². The third kappa shape index (κ3) is 2.38. The number of pyridine rings is 1. The van der Waals surface area contributed by atoms with Crippen LogP contribution in [-0.2, 0) is 13.1 Å². The lowest BCUT2D eigenvalue weighted by molar-refractivity contribution is 0.373. The summed E-state index contributed by atoms with van der Waals surface area (Å²) in [5.74, 6) is 0.845. The van der Waals surface area contributed by atoms with E-state index in [1.54, 1.807) is 6.20 Å². The first-order chi connectivity index (χ1) is 8.92. The van der Waals surface area contributed by atoms with Crippen LogP contribution in [0, 0.1) is 0 Å². The zero-order valence-corrected chi connectivity index (χ0v) is 9.84. The minimum absolute atomic E-state index is 0.686. The molecule has 0 radical (unpaired) electrons. The van der Waals surface area contributed by atoms with Crippen molar-refractivity contribution in [3.05, 3.63) is 60.1 Å². The van der Waals surface area contributed by atoms with Gasteiger partial charge in [0.25, 0.3) is 0 Å². The number of aromatic nitrogens is 2. The quantitative estimate of drug-likeness (QED) is 0.760. The Morgan fingerprint density at radius 2 is 2.06 bits per heavy atom. The van der Waals surface area contributed by atoms with Gasteiger partial charge in [0.1, 0.15) is 5.76 Å². The van der Waals surface area contributed by atoms with Crippen LogP contribution in [0.5, 0.6) is 0 Å². The highest BCUT2D eigenvalue weighted by Crippen LogP contribution is 2.13. The van der Waals surface area contributed by atoms with Gasteiger partial charge in [0.05, 0.1) is 18.3 Å². The fourth-order valence-electron chi connectivity index (χ4n) is 1.90. The molecular weight excluding hydrogens is 226 g/mol. The van der Waals surface area contributed by atoms with E-state index in [0.29, 0.717) is 6.54 Å². The Labute approximate surface area is 105 Å². The standard InChI is InChI=1S/C14H13N3O/c1-2-12-8-11(3-4-14(12)16-6-1)9-15-10-13-5-7-17-18-13/h1-8,15H,9-10H2. The second kappa shape index (κ2) is 4.98. The van der Waals surface area contributed by atoms with Crippen molar-refractivity contribution in [2.45, 2.75) is 13.1 Å². The van der Waals surface area contributed by atoms with Crippen LogP contribution in [0.15, 0.2) is 53.3 Å². The fourth-order valence-corrected chi connectivity index (χ4v) is 1.90. The normalized spacial score (nSPS) is 10.9. The predicted octanol–water partition coefficient (Wildman–Crippen LogP) is 2.51. The monoisotopic (exact) mass is 239 g/mol. The SMILES string of the molecule is c1cnc2ccc(CNCc3ccno3)cc2c1. The second-order valence-corrected chi connectivity index (χ2v) is 4.11. The van der Waals surface area contributed by atoms with Gasteiger partial charge in [-0.2, -0.15) is 0 Å². The molecule has 3 rings (SSSR count). The molecule has 2 heterocycles. The van der Waals surface area contributed by atoms with Crippen molar-refractivity contribution in [1.29, 1.82) is 0 Å². The van der Waals surface area contributed by atoms with Gasteiger partial charge >= 0.3 is 0 Å². The van der Waals surface area contributed by atoms with Crippen LogP contribution in [0.25, 0.3) is 10.9 Å². The summed E-state index contributed by atoms with van der Waals surface area (Å²) in [5.41, 5.74) is 2.26. The van der Waals surface area contributed by atoms with Crippen molar-refractivity contribution in [3.8, 4) is 0 Å². The van der Waals surface area contributed by atoms with Gasteiger partial charge in [0.2, 0.25) is 0 Å². The minimum Gasteiger partial charge on any atom is -0.360 e. The first-order valence-electron chi connectivity index (χ1n) is 5.86. The number of hydrogen-bond donors (Lipinski definition) is 1. The molecule has 90 valence electrons. The van der Waals surface area contributed by atoms with E-state index in [4.69, 9.17) is 4.52 Å². The summed E-state index contributed by atoms with van der Waals surface area (Å²) in [6.07, 6.45) is 3.46. The average Bonchev–Trinajstić information content (AvgIpc) is 2.92. The number of rotatable bonds is 4. The van der Waals surface area contributed by atoms with Crippen molar-refractivity contribution in [2.75, 3.05) is 0 Å². The first-order valence-corrected chi connectivity index (χ1v) is 5.86. The molecule has 4 nitrogen and oxygen atoms in total. The molecule has 0 bridgehead atoms. The summed E-state index contributed by atoms with van der Waals surface area (Å²) in [5, 5.41) is 8.14. The molecule has 0 atom stereocenters. The van der Waals surface area contributed by atoms with Crippen molar-refractivity contribution in [2.24, 2.45) is 0 Å². The molecule has 4 heteroatoms. The number of benzene rings is 1. The van der Waals surface area contributed by atoms with E-state index in [9.17, 15) is 0 Å². The molecule has 0 amide bonds. The highest BCUT2D eigenvalue weighted by molar-refractivity contribution is 5.78. The molecule has 0 aliphatic rings. The predicted molar refractivity (Wildman–Crippen MR) is 68.8 cm³/mol. The van der Waals surface area contributed by atoms with E-state index in [2.05, 4.69) is 33.7 Å². The average molecular weight is 239 g/mol. The van der Waals surface area contributed by atoms with Gasteiger partial charge in [-0.3, -0.25) is 4.98 Å². The Bertz CT molecular complexity index is 634. The summed E-state index contributed by atoms with van der Waals surface area (Å²) in [6.45, 7) is 1.48. The Balaban J connectivity index is 1.67. The van der Waals surface area contributed by atoms with Gasteiger partial charge in [-0.1, -0.05) is 17.3 Å². The van der Waals surface area contributed by atoms with Gasteiger partial charge in [-0.05, 0) is 23.8 Å². The second-order valence-electron chi connectivity index (χ2n) is 4.11. The van der Waals surface area contributed by atoms with E-state index < -0.39 is 0 Å². The van der Waals surface area contributed by atoms with Crippen molar-refractivity contribution in [3.63, 3.8) is 0 Å². The van der Waals surface area contributed by atoms with Gasteiger partial charge in [0.15, 0.2) is 0 Å². The molecule has 0 fully saturated rings. The summed E-state index contributed by atoms with van der Waals surface area (Å²) in [6, 6.07) is 12.2. The zero-order chi connectivity index (χ0) is 12.2. The molecule has 0 spiro atoms. The number of fused-ring (bicyclic) bond motifs is 1. The van der Waals surface area contributed by atoms with Crippen LogP contribution in [-0.4, -0.2) is 10.1 Å². The maximum atomic E-state index is 5.02. The number of nitrogens with zero attached hydrogens (tertiary/aromatic N) is 2. The topological polar surface area (TPSA) is 51.0 Å². The molecule has 1 aromatic carbocycles. The maximum absolute atomic E-state index is 5.02. The Kier molecular flexibility index (Phi) is 3.02. The molecule has 0 saturated heterocycles. The smallest absolute Gasteiger partial charge is 0.150 e. The van der Waals surface area contributed by atoms with Crippen LogP contribution >= 0.6 is 0 Å². The lowest BCUT2D eigenvalue weighted by Crippen LogP contribution is -2.12. The third-order valence-electron chi connectivity index (χ3n) is 2.79. The lowest BCUT2D eigenvalue weighted by Gasteiger charge is -2.04. The molecule has 0 aliphatic heterocycles. The van der Waals surface area contributed by atoms with Crippen LogP contribution in [0.2, 0.25) is 0 Å². The minimum atomic E-state index is 0.686. The van der Waals surface area contributed by atoms with Crippen LogP contribution in [0.4, 0.5) is 0 Å². The molecule has 0 aliphatic carbocycles. The zero-order valence-electron chi connectivity index (χ0n) is 9.84. The van der Waals surface area contributed by atoms with Gasteiger partial charge in [-0.15, -0.1) is 0 Å². The van der Waals surface area contributed by atoms with Crippen molar-refractivity contribution < 1.29 is 4.52 Å². The first kappa shape index (κ1) is 10.9. The molecular formula is C14H13N3O. The van der Waals surface area contributed by atoms with E-state index in [1.165, 1.54) is 5.56 Å². The van der Waals surface area contributed by atoms with Gasteiger partial charge < -0.3 is 9.84 Å². The van der Waals surface area contributed by atoms with E-state index in [0.717, 1.165) is 23.2 Å². The van der Waals surface area contributed by atoms with Crippen molar-refractivity contribution >= 4 is 10.9 Å². The molecule has 1 N–H and O–H groups in total. The summed E-state index contributed by atoms with van der Waals surface area (Å²) < 4.78 is 5.02. The molecule has 3 aromatic rings. The molecule has 2 aromatic heterocycles. The fraction of sp³-hybridized carbons (Fsp3) is 0.143.